The third kappa shape index (κ3) is 30.9. The molecule has 0 N–H and O–H groups in total. The lowest BCUT2D eigenvalue weighted by molar-refractivity contribution is 0.135. The summed E-state index contributed by atoms with van der Waals surface area (Å²) in [7, 11) is 0. The first kappa shape index (κ1) is 47.4. The van der Waals surface area contributed by atoms with Gasteiger partial charge in [-0.05, 0) is 25.7 Å². The van der Waals surface area contributed by atoms with Crippen molar-refractivity contribution in [1.29, 1.82) is 0 Å². The van der Waals surface area contributed by atoms with Crippen molar-refractivity contribution in [2.75, 3.05) is 13.1 Å². The van der Waals surface area contributed by atoms with Crippen molar-refractivity contribution in [3.05, 3.63) is 12.4 Å². The Morgan fingerprint density at radius 3 is 0.700 bits per heavy atom. The molecule has 0 radical (unpaired) electrons. The summed E-state index contributed by atoms with van der Waals surface area (Å²) in [5, 5.41) is 0. The maximum Gasteiger partial charge on any atom is 0.101 e. The quantitative estimate of drug-likeness (QED) is 0.0585. The lowest BCUT2D eigenvalue weighted by atomic mass is 10.0. The third-order valence-corrected chi connectivity index (χ3v) is 11.8. The molecule has 1 atom stereocenters. The van der Waals surface area contributed by atoms with Crippen molar-refractivity contribution in [3.8, 4) is 0 Å². The summed E-state index contributed by atoms with van der Waals surface area (Å²) in [4.78, 5) is 5.45. The highest BCUT2D eigenvalue weighted by Gasteiger charge is 2.24. The average Bonchev–Trinajstić information content (AvgIpc) is 3.51. The van der Waals surface area contributed by atoms with E-state index in [1.165, 1.54) is 270 Å². The zero-order valence-electron chi connectivity index (χ0n) is 35.3. The highest BCUT2D eigenvalue weighted by atomic mass is 15.4. The first-order chi connectivity index (χ1) is 24.8. The van der Waals surface area contributed by atoms with Gasteiger partial charge in [0.2, 0.25) is 0 Å². The molecule has 0 saturated heterocycles. The van der Waals surface area contributed by atoms with Crippen LogP contribution in [0.1, 0.15) is 278 Å². The van der Waals surface area contributed by atoms with E-state index in [2.05, 4.69) is 43.0 Å². The zero-order valence-corrected chi connectivity index (χ0v) is 35.3. The normalized spacial score (nSPS) is 14.5. The SMILES string of the molecule is CCCCCCCCCCCCCCCCCCCN1C=CN(CCCCCCCCCCCCCCCCCC)C1CCCCCCCC. The van der Waals surface area contributed by atoms with Gasteiger partial charge in [0, 0.05) is 25.5 Å². The van der Waals surface area contributed by atoms with Crippen LogP contribution in [-0.4, -0.2) is 29.1 Å². The van der Waals surface area contributed by atoms with Crippen LogP contribution in [-0.2, 0) is 0 Å². The Balaban J connectivity index is 2.08. The number of nitrogens with zero attached hydrogens (tertiary/aromatic N) is 2. The third-order valence-electron chi connectivity index (χ3n) is 11.8. The van der Waals surface area contributed by atoms with Crippen LogP contribution in [0.15, 0.2) is 12.4 Å². The second kappa shape index (κ2) is 39.5. The van der Waals surface area contributed by atoms with E-state index >= 15 is 0 Å². The van der Waals surface area contributed by atoms with Crippen molar-refractivity contribution in [2.45, 2.75) is 284 Å². The van der Waals surface area contributed by atoms with E-state index in [-0.39, 0.29) is 0 Å². The van der Waals surface area contributed by atoms with Crippen molar-refractivity contribution in [1.82, 2.24) is 9.80 Å². The van der Waals surface area contributed by atoms with Crippen LogP contribution in [0.4, 0.5) is 0 Å². The van der Waals surface area contributed by atoms with Gasteiger partial charge in [0.05, 0.1) is 0 Å². The standard InChI is InChI=1S/C48H96N2/c1-4-7-10-13-16-18-20-22-24-26-28-30-32-34-36-39-42-45-50-47-46-49(48(50)43-40-37-15-12-9-6-3)44-41-38-35-33-31-29-27-25-23-21-19-17-14-11-8-5-2/h46-48H,4-45H2,1-3H3. The van der Waals surface area contributed by atoms with Crippen molar-refractivity contribution < 1.29 is 0 Å². The number of hydrogen-bond acceptors (Lipinski definition) is 2. The largest absolute Gasteiger partial charge is 0.356 e. The van der Waals surface area contributed by atoms with Gasteiger partial charge >= 0.3 is 0 Å². The minimum absolute atomic E-state index is 0.638. The topological polar surface area (TPSA) is 6.48 Å². The maximum absolute atomic E-state index is 2.73. The molecule has 1 aliphatic heterocycles. The van der Waals surface area contributed by atoms with Gasteiger partial charge < -0.3 is 9.80 Å². The second-order valence-electron chi connectivity index (χ2n) is 16.8. The van der Waals surface area contributed by atoms with Crippen molar-refractivity contribution in [3.63, 3.8) is 0 Å². The number of rotatable bonds is 42. The fourth-order valence-corrected chi connectivity index (χ4v) is 8.31. The molecular weight excluding hydrogens is 605 g/mol. The molecule has 0 saturated carbocycles. The fraction of sp³-hybridized carbons (Fsp3) is 0.958. The summed E-state index contributed by atoms with van der Waals surface area (Å²) in [6.45, 7) is 9.50. The monoisotopic (exact) mass is 701 g/mol. The van der Waals surface area contributed by atoms with E-state index in [4.69, 9.17) is 0 Å². The highest BCUT2D eigenvalue weighted by Crippen LogP contribution is 2.24. The van der Waals surface area contributed by atoms with E-state index in [1.54, 1.807) is 0 Å². The molecule has 298 valence electrons. The zero-order chi connectivity index (χ0) is 35.8. The Kier molecular flexibility index (Phi) is 37.5. The maximum atomic E-state index is 2.73. The Morgan fingerprint density at radius 2 is 0.460 bits per heavy atom. The minimum Gasteiger partial charge on any atom is -0.356 e. The van der Waals surface area contributed by atoms with Crippen LogP contribution in [0.3, 0.4) is 0 Å². The molecule has 1 unspecified atom stereocenters. The molecule has 0 aromatic carbocycles. The van der Waals surface area contributed by atoms with Gasteiger partial charge in [0.15, 0.2) is 0 Å². The summed E-state index contributed by atoms with van der Waals surface area (Å²) in [5.74, 6) is 0. The lowest BCUT2D eigenvalue weighted by Gasteiger charge is -2.33. The van der Waals surface area contributed by atoms with Crippen molar-refractivity contribution in [2.24, 2.45) is 0 Å². The molecule has 0 amide bonds. The Bertz CT molecular complexity index is 659. The van der Waals surface area contributed by atoms with Gasteiger partial charge in [-0.25, -0.2) is 0 Å². The molecule has 0 aromatic heterocycles. The molecule has 0 aliphatic carbocycles. The fourth-order valence-electron chi connectivity index (χ4n) is 8.31. The minimum atomic E-state index is 0.638. The number of hydrogen-bond donors (Lipinski definition) is 0. The summed E-state index contributed by atoms with van der Waals surface area (Å²) in [6.07, 6.45) is 63.4. The van der Waals surface area contributed by atoms with Gasteiger partial charge in [-0.1, -0.05) is 252 Å². The second-order valence-corrected chi connectivity index (χ2v) is 16.8. The van der Waals surface area contributed by atoms with Crippen LogP contribution in [0, 0.1) is 0 Å². The Hall–Kier alpha value is -0.660. The van der Waals surface area contributed by atoms with E-state index < -0.39 is 0 Å². The van der Waals surface area contributed by atoms with Gasteiger partial charge in [0.25, 0.3) is 0 Å². The Labute approximate surface area is 318 Å². The molecule has 0 bridgehead atoms. The molecule has 1 aliphatic rings. The van der Waals surface area contributed by atoms with Crippen LogP contribution >= 0.6 is 0 Å². The van der Waals surface area contributed by atoms with Crippen LogP contribution in [0.5, 0.6) is 0 Å². The molecule has 2 nitrogen and oxygen atoms in total. The van der Waals surface area contributed by atoms with Crippen molar-refractivity contribution >= 4 is 0 Å². The molecule has 50 heavy (non-hydrogen) atoms. The Morgan fingerprint density at radius 1 is 0.260 bits per heavy atom. The van der Waals surface area contributed by atoms with Gasteiger partial charge in [-0.2, -0.15) is 0 Å². The summed E-state index contributed by atoms with van der Waals surface area (Å²) in [6, 6.07) is 0. The smallest absolute Gasteiger partial charge is 0.101 e. The molecule has 2 heteroatoms. The predicted octanol–water partition coefficient (Wildman–Crippen LogP) is 17.1. The van der Waals surface area contributed by atoms with Crippen LogP contribution in [0.2, 0.25) is 0 Å². The number of unbranched alkanes of at least 4 members (excludes halogenated alkanes) is 36. The van der Waals surface area contributed by atoms with Gasteiger partial charge in [0.1, 0.15) is 6.17 Å². The van der Waals surface area contributed by atoms with Crippen LogP contribution in [0.25, 0.3) is 0 Å². The highest BCUT2D eigenvalue weighted by molar-refractivity contribution is 4.97. The van der Waals surface area contributed by atoms with Crippen LogP contribution < -0.4 is 0 Å². The molecular formula is C48H96N2. The molecule has 1 rings (SSSR count). The first-order valence-electron chi connectivity index (χ1n) is 24.0. The molecule has 0 aromatic rings. The first-order valence-corrected chi connectivity index (χ1v) is 24.0. The van der Waals surface area contributed by atoms with Gasteiger partial charge in [-0.15, -0.1) is 0 Å². The molecule has 1 heterocycles. The van der Waals surface area contributed by atoms with Gasteiger partial charge in [-0.3, -0.25) is 0 Å². The summed E-state index contributed by atoms with van der Waals surface area (Å²) in [5.41, 5.74) is 0. The summed E-state index contributed by atoms with van der Waals surface area (Å²) >= 11 is 0. The van der Waals surface area contributed by atoms with E-state index in [0.717, 1.165) is 0 Å². The molecule has 0 spiro atoms. The van der Waals surface area contributed by atoms with E-state index in [1.807, 2.05) is 0 Å². The molecule has 0 fully saturated rings. The summed E-state index contributed by atoms with van der Waals surface area (Å²) < 4.78 is 0. The lowest BCUT2D eigenvalue weighted by Crippen LogP contribution is -2.39. The average molecular weight is 701 g/mol. The van der Waals surface area contributed by atoms with E-state index in [0.29, 0.717) is 6.17 Å². The predicted molar refractivity (Wildman–Crippen MR) is 228 cm³/mol. The van der Waals surface area contributed by atoms with E-state index in [9.17, 15) is 0 Å².